The molecule has 3 unspecified atom stereocenters. The molecule has 3 rings (SSSR count). The molecule has 1 spiro atoms. The fraction of sp³-hybridized carbons (Fsp3) is 1.00. The standard InChI is InChI=1S/C11H18O3/c1-9(2)5-11(7-14-9)10(6-12)3-8(10)4-13-11/h8,12H,3-7H2,1-2H3. The zero-order valence-electron chi connectivity index (χ0n) is 8.88. The molecule has 0 bridgehead atoms. The van der Waals surface area contributed by atoms with E-state index in [-0.39, 0.29) is 23.2 Å². The van der Waals surface area contributed by atoms with Crippen molar-refractivity contribution in [1.29, 1.82) is 0 Å². The summed E-state index contributed by atoms with van der Waals surface area (Å²) < 4.78 is 11.7. The van der Waals surface area contributed by atoms with Crippen LogP contribution in [-0.4, -0.2) is 36.1 Å². The molecular weight excluding hydrogens is 180 g/mol. The average molecular weight is 198 g/mol. The van der Waals surface area contributed by atoms with Gasteiger partial charge in [0.25, 0.3) is 0 Å². The van der Waals surface area contributed by atoms with Gasteiger partial charge in [-0.3, -0.25) is 0 Å². The Morgan fingerprint density at radius 1 is 1.36 bits per heavy atom. The molecule has 3 aliphatic rings. The van der Waals surface area contributed by atoms with Gasteiger partial charge in [0.2, 0.25) is 0 Å². The molecule has 1 saturated carbocycles. The van der Waals surface area contributed by atoms with Gasteiger partial charge in [-0.05, 0) is 26.2 Å². The van der Waals surface area contributed by atoms with Gasteiger partial charge in [-0.15, -0.1) is 0 Å². The lowest BCUT2D eigenvalue weighted by Gasteiger charge is -2.32. The predicted molar refractivity (Wildman–Crippen MR) is 51.0 cm³/mol. The first-order chi connectivity index (χ1) is 6.54. The number of hydrogen-bond donors (Lipinski definition) is 1. The summed E-state index contributed by atoms with van der Waals surface area (Å²) in [6.45, 7) is 5.95. The molecule has 0 aromatic carbocycles. The van der Waals surface area contributed by atoms with Crippen molar-refractivity contribution in [2.45, 2.75) is 37.9 Å². The first-order valence-corrected chi connectivity index (χ1v) is 5.42. The molecule has 0 radical (unpaired) electrons. The van der Waals surface area contributed by atoms with E-state index >= 15 is 0 Å². The second-order valence-electron chi connectivity index (χ2n) is 5.75. The first-order valence-electron chi connectivity index (χ1n) is 5.42. The number of hydrogen-bond acceptors (Lipinski definition) is 3. The largest absolute Gasteiger partial charge is 0.396 e. The number of ether oxygens (including phenoxy) is 2. The minimum absolute atomic E-state index is 0.0424. The van der Waals surface area contributed by atoms with Crippen molar-refractivity contribution in [3.05, 3.63) is 0 Å². The average Bonchev–Trinajstić information content (AvgIpc) is 2.69. The molecule has 2 saturated heterocycles. The third kappa shape index (κ3) is 0.884. The molecule has 0 aromatic heterocycles. The van der Waals surface area contributed by atoms with Crippen molar-refractivity contribution >= 4 is 0 Å². The van der Waals surface area contributed by atoms with Gasteiger partial charge in [0, 0.05) is 11.8 Å². The van der Waals surface area contributed by atoms with E-state index in [4.69, 9.17) is 9.47 Å². The van der Waals surface area contributed by atoms with Crippen molar-refractivity contribution in [2.24, 2.45) is 11.3 Å². The van der Waals surface area contributed by atoms with Gasteiger partial charge in [-0.25, -0.2) is 0 Å². The zero-order valence-corrected chi connectivity index (χ0v) is 8.88. The second-order valence-corrected chi connectivity index (χ2v) is 5.75. The smallest absolute Gasteiger partial charge is 0.102 e. The minimum atomic E-state index is -0.171. The SMILES string of the molecule is CC1(C)CC2(CO1)OCC1CC12CO. The fourth-order valence-corrected chi connectivity index (χ4v) is 3.41. The van der Waals surface area contributed by atoms with E-state index < -0.39 is 0 Å². The molecule has 0 aromatic rings. The number of fused-ring (bicyclic) bond motifs is 2. The van der Waals surface area contributed by atoms with E-state index in [1.165, 1.54) is 0 Å². The summed E-state index contributed by atoms with van der Waals surface area (Å²) in [5.41, 5.74) is -0.212. The number of aliphatic hydroxyl groups excluding tert-OH is 1. The maximum atomic E-state index is 9.53. The van der Waals surface area contributed by atoms with Crippen LogP contribution >= 0.6 is 0 Å². The first kappa shape index (κ1) is 9.13. The van der Waals surface area contributed by atoms with E-state index in [0.29, 0.717) is 12.5 Å². The van der Waals surface area contributed by atoms with Gasteiger partial charge < -0.3 is 14.6 Å². The Labute approximate surface area is 84.4 Å². The predicted octanol–water partition coefficient (Wildman–Crippen LogP) is 0.953. The highest BCUT2D eigenvalue weighted by atomic mass is 16.6. The van der Waals surface area contributed by atoms with Gasteiger partial charge in [-0.1, -0.05) is 0 Å². The van der Waals surface area contributed by atoms with E-state index in [0.717, 1.165) is 19.4 Å². The quantitative estimate of drug-likeness (QED) is 0.682. The fourth-order valence-electron chi connectivity index (χ4n) is 3.41. The highest BCUT2D eigenvalue weighted by Crippen LogP contribution is 2.68. The summed E-state index contributed by atoms with van der Waals surface area (Å²) >= 11 is 0. The van der Waals surface area contributed by atoms with Gasteiger partial charge >= 0.3 is 0 Å². The highest BCUT2D eigenvalue weighted by molar-refractivity contribution is 5.21. The zero-order chi connectivity index (χ0) is 10.0. The van der Waals surface area contributed by atoms with Crippen LogP contribution in [0.2, 0.25) is 0 Å². The van der Waals surface area contributed by atoms with Crippen LogP contribution in [0.3, 0.4) is 0 Å². The molecule has 3 nitrogen and oxygen atoms in total. The van der Waals surface area contributed by atoms with E-state index in [1.807, 2.05) is 0 Å². The normalized spacial score (nSPS) is 53.8. The number of aliphatic hydroxyl groups is 1. The Kier molecular flexibility index (Phi) is 1.53. The minimum Gasteiger partial charge on any atom is -0.396 e. The van der Waals surface area contributed by atoms with Crippen molar-refractivity contribution in [1.82, 2.24) is 0 Å². The van der Waals surface area contributed by atoms with Crippen molar-refractivity contribution in [3.63, 3.8) is 0 Å². The molecule has 2 heterocycles. The molecular formula is C11H18O3. The Morgan fingerprint density at radius 3 is 2.64 bits per heavy atom. The summed E-state index contributed by atoms with van der Waals surface area (Å²) in [4.78, 5) is 0. The van der Waals surface area contributed by atoms with Crippen LogP contribution < -0.4 is 0 Å². The molecule has 3 atom stereocenters. The van der Waals surface area contributed by atoms with Crippen LogP contribution in [0.15, 0.2) is 0 Å². The van der Waals surface area contributed by atoms with Crippen LogP contribution in [0.4, 0.5) is 0 Å². The third-order valence-electron chi connectivity index (χ3n) is 4.39. The van der Waals surface area contributed by atoms with Crippen LogP contribution in [0, 0.1) is 11.3 Å². The van der Waals surface area contributed by atoms with Gasteiger partial charge in [0.1, 0.15) is 5.60 Å². The topological polar surface area (TPSA) is 38.7 Å². The van der Waals surface area contributed by atoms with Gasteiger partial charge in [0.05, 0.1) is 25.4 Å². The third-order valence-corrected chi connectivity index (χ3v) is 4.39. The van der Waals surface area contributed by atoms with Crippen molar-refractivity contribution < 1.29 is 14.6 Å². The monoisotopic (exact) mass is 198 g/mol. The Hall–Kier alpha value is -0.120. The highest BCUT2D eigenvalue weighted by Gasteiger charge is 2.74. The molecule has 3 heteroatoms. The summed E-state index contributed by atoms with van der Waals surface area (Å²) in [5.74, 6) is 0.588. The van der Waals surface area contributed by atoms with Crippen LogP contribution in [0.1, 0.15) is 26.7 Å². The van der Waals surface area contributed by atoms with E-state index in [1.54, 1.807) is 0 Å². The van der Waals surface area contributed by atoms with Gasteiger partial charge in [-0.2, -0.15) is 0 Å². The van der Waals surface area contributed by atoms with Crippen molar-refractivity contribution in [3.8, 4) is 0 Å². The summed E-state index contributed by atoms with van der Waals surface area (Å²) in [5, 5.41) is 9.53. The van der Waals surface area contributed by atoms with Gasteiger partial charge in [0.15, 0.2) is 0 Å². The summed E-state index contributed by atoms with van der Waals surface area (Å²) in [7, 11) is 0. The molecule has 80 valence electrons. The molecule has 14 heavy (non-hydrogen) atoms. The molecule has 0 amide bonds. The second kappa shape index (κ2) is 2.34. The molecule has 2 aliphatic heterocycles. The lowest BCUT2D eigenvalue weighted by atomic mass is 9.80. The number of rotatable bonds is 1. The molecule has 1 aliphatic carbocycles. The summed E-state index contributed by atoms with van der Waals surface area (Å²) in [6.07, 6.45) is 2.06. The van der Waals surface area contributed by atoms with E-state index in [9.17, 15) is 5.11 Å². The van der Waals surface area contributed by atoms with Crippen LogP contribution in [-0.2, 0) is 9.47 Å². The maximum absolute atomic E-state index is 9.53. The van der Waals surface area contributed by atoms with Crippen LogP contribution in [0.5, 0.6) is 0 Å². The summed E-state index contributed by atoms with van der Waals surface area (Å²) in [6, 6.07) is 0. The lowest BCUT2D eigenvalue weighted by molar-refractivity contribution is -0.0714. The lowest BCUT2D eigenvalue weighted by Crippen LogP contribution is -2.43. The Bertz CT molecular complexity index is 272. The maximum Gasteiger partial charge on any atom is 0.102 e. The Morgan fingerprint density at radius 2 is 2.14 bits per heavy atom. The molecule has 1 N–H and O–H groups in total. The molecule has 3 fully saturated rings. The van der Waals surface area contributed by atoms with Crippen LogP contribution in [0.25, 0.3) is 0 Å². The van der Waals surface area contributed by atoms with Crippen molar-refractivity contribution in [2.75, 3.05) is 19.8 Å². The Balaban J connectivity index is 1.91. The van der Waals surface area contributed by atoms with E-state index in [2.05, 4.69) is 13.8 Å².